The normalized spacial score (nSPS) is 13.6. The summed E-state index contributed by atoms with van der Waals surface area (Å²) >= 11 is 1.73. The number of hydrogen-bond acceptors (Lipinski definition) is 2. The predicted molar refractivity (Wildman–Crippen MR) is 111 cm³/mol. The van der Waals surface area contributed by atoms with Crippen molar-refractivity contribution in [1.82, 2.24) is 0 Å². The van der Waals surface area contributed by atoms with E-state index in [1.54, 1.807) is 11.3 Å². The van der Waals surface area contributed by atoms with Gasteiger partial charge in [-0.2, -0.15) is 11.3 Å². The van der Waals surface area contributed by atoms with Crippen molar-refractivity contribution in [3.8, 4) is 0 Å². The molecule has 3 rings (SSSR count). The fraction of sp³-hybridized carbons (Fsp3) is 0.217. The lowest BCUT2D eigenvalue weighted by Gasteiger charge is -2.18. The van der Waals surface area contributed by atoms with Crippen LogP contribution in [0, 0.1) is 0 Å². The van der Waals surface area contributed by atoms with Gasteiger partial charge in [0.15, 0.2) is 0 Å². The molecule has 2 atom stereocenters. The molecule has 2 unspecified atom stereocenters. The number of aliphatic hydroxyl groups is 1. The predicted octanol–water partition coefficient (Wildman–Crippen LogP) is 1.37. The molecule has 27 heavy (non-hydrogen) atoms. The van der Waals surface area contributed by atoms with Crippen LogP contribution in [-0.4, -0.2) is 17.7 Å². The van der Waals surface area contributed by atoms with Gasteiger partial charge in [0.2, 0.25) is 0 Å². The summed E-state index contributed by atoms with van der Waals surface area (Å²) in [5.74, 6) is 0. The van der Waals surface area contributed by atoms with Crippen molar-refractivity contribution in [2.75, 3.05) is 6.54 Å². The molecular formula is C23H26ClNOS. The Morgan fingerprint density at radius 1 is 1.04 bits per heavy atom. The minimum atomic E-state index is -0.445. The highest BCUT2D eigenvalue weighted by atomic mass is 35.5. The number of rotatable bonds is 8. The van der Waals surface area contributed by atoms with Gasteiger partial charge in [-0.15, -0.1) is 0 Å². The number of hydrogen-bond donors (Lipinski definition) is 2. The van der Waals surface area contributed by atoms with Crippen LogP contribution < -0.4 is 17.7 Å². The number of benzene rings is 2. The first kappa shape index (κ1) is 21.4. The maximum atomic E-state index is 10.5. The van der Waals surface area contributed by atoms with Crippen LogP contribution >= 0.6 is 11.3 Å². The summed E-state index contributed by atoms with van der Waals surface area (Å²) < 4.78 is 0. The van der Waals surface area contributed by atoms with Gasteiger partial charge in [-0.3, -0.25) is 0 Å². The van der Waals surface area contributed by atoms with E-state index in [2.05, 4.69) is 59.4 Å². The van der Waals surface area contributed by atoms with Gasteiger partial charge in [-0.05, 0) is 46.0 Å². The molecule has 1 aromatic heterocycles. The molecule has 0 spiro atoms. The van der Waals surface area contributed by atoms with Gasteiger partial charge in [-0.1, -0.05) is 66.7 Å². The van der Waals surface area contributed by atoms with Crippen LogP contribution in [0.2, 0.25) is 0 Å². The quantitative estimate of drug-likeness (QED) is 0.589. The summed E-state index contributed by atoms with van der Waals surface area (Å²) in [6.07, 6.45) is 2.80. The van der Waals surface area contributed by atoms with Crippen molar-refractivity contribution in [2.45, 2.75) is 25.5 Å². The molecule has 0 radical (unpaired) electrons. The zero-order chi connectivity index (χ0) is 18.2. The molecule has 0 aliphatic rings. The summed E-state index contributed by atoms with van der Waals surface area (Å²) in [6, 6.07) is 22.7. The fourth-order valence-electron chi connectivity index (χ4n) is 3.08. The van der Waals surface area contributed by atoms with E-state index in [9.17, 15) is 5.11 Å². The molecule has 3 aromatic rings. The molecule has 0 aliphatic heterocycles. The topological polar surface area (TPSA) is 36.8 Å². The third-order valence-electron chi connectivity index (χ3n) is 4.62. The van der Waals surface area contributed by atoms with Gasteiger partial charge in [0.1, 0.15) is 12.1 Å². The van der Waals surface area contributed by atoms with Gasteiger partial charge >= 0.3 is 0 Å². The van der Waals surface area contributed by atoms with E-state index < -0.39 is 6.10 Å². The van der Waals surface area contributed by atoms with E-state index in [4.69, 9.17) is 0 Å². The lowest BCUT2D eigenvalue weighted by Crippen LogP contribution is -3.00. The molecular weight excluding hydrogens is 374 g/mol. The molecule has 2 aromatic carbocycles. The molecule has 0 aliphatic carbocycles. The van der Waals surface area contributed by atoms with Crippen molar-refractivity contribution in [2.24, 2.45) is 0 Å². The Hall–Kier alpha value is -1.91. The van der Waals surface area contributed by atoms with Crippen molar-refractivity contribution in [1.29, 1.82) is 0 Å². The van der Waals surface area contributed by atoms with Crippen LogP contribution in [0.1, 0.15) is 36.1 Å². The second kappa shape index (κ2) is 11.1. The Labute approximate surface area is 172 Å². The molecule has 2 nitrogen and oxygen atoms in total. The van der Waals surface area contributed by atoms with Gasteiger partial charge in [0.05, 0.1) is 6.54 Å². The summed E-state index contributed by atoms with van der Waals surface area (Å²) in [7, 11) is 0. The van der Waals surface area contributed by atoms with Crippen molar-refractivity contribution in [3.63, 3.8) is 0 Å². The second-order valence-electron chi connectivity index (χ2n) is 6.58. The lowest BCUT2D eigenvalue weighted by molar-refractivity contribution is -0.693. The van der Waals surface area contributed by atoms with Crippen LogP contribution in [-0.2, 0) is 0 Å². The Balaban J connectivity index is 0.00000261. The summed E-state index contributed by atoms with van der Waals surface area (Å²) in [5, 5.41) is 17.1. The second-order valence-corrected chi connectivity index (χ2v) is 7.36. The zero-order valence-corrected chi connectivity index (χ0v) is 17.0. The largest absolute Gasteiger partial charge is 1.00 e. The van der Waals surface area contributed by atoms with Gasteiger partial charge in [0, 0.05) is 6.42 Å². The third-order valence-corrected chi connectivity index (χ3v) is 5.31. The Morgan fingerprint density at radius 3 is 2.33 bits per heavy atom. The lowest BCUT2D eigenvalue weighted by atomic mass is 10.0. The fourth-order valence-corrected chi connectivity index (χ4v) is 3.76. The van der Waals surface area contributed by atoms with Crippen LogP contribution in [0.4, 0.5) is 0 Å². The van der Waals surface area contributed by atoms with E-state index in [1.165, 1.54) is 16.7 Å². The molecule has 0 saturated heterocycles. The Bertz CT molecular complexity index is 803. The highest BCUT2D eigenvalue weighted by Gasteiger charge is 2.18. The number of halogens is 1. The van der Waals surface area contributed by atoms with Crippen LogP contribution in [0.3, 0.4) is 0 Å². The van der Waals surface area contributed by atoms with E-state index in [0.717, 1.165) is 18.5 Å². The maximum Gasteiger partial charge on any atom is 0.130 e. The number of quaternary nitrogens is 1. The molecule has 0 bridgehead atoms. The molecule has 0 saturated carbocycles. The zero-order valence-electron chi connectivity index (χ0n) is 15.5. The van der Waals surface area contributed by atoms with Crippen molar-refractivity contribution < 1.29 is 22.8 Å². The van der Waals surface area contributed by atoms with Gasteiger partial charge < -0.3 is 22.8 Å². The summed E-state index contributed by atoms with van der Waals surface area (Å²) in [6.45, 7) is 3.03. The monoisotopic (exact) mass is 399 g/mol. The highest BCUT2D eigenvalue weighted by molar-refractivity contribution is 7.08. The van der Waals surface area contributed by atoms with E-state index >= 15 is 0 Å². The summed E-state index contributed by atoms with van der Waals surface area (Å²) in [4.78, 5) is 0. The highest BCUT2D eigenvalue weighted by Crippen LogP contribution is 2.23. The van der Waals surface area contributed by atoms with E-state index in [-0.39, 0.29) is 18.4 Å². The number of nitrogens with two attached hydrogens (primary N) is 1. The Morgan fingerprint density at radius 2 is 1.70 bits per heavy atom. The van der Waals surface area contributed by atoms with E-state index in [1.807, 2.05) is 36.4 Å². The standard InChI is InChI=1S/C23H25NOS.ClH/c1-18(23(25)20-10-6-3-7-11-20)24-14-12-21(22-13-15-26-17-22)16-19-8-4-2-5-9-19;/h2-11,13,15-18,23-25H,12,14H2,1H3;1H/b21-16+;. The Kier molecular flexibility index (Phi) is 8.76. The average molecular weight is 400 g/mol. The number of thiophene rings is 1. The first-order chi connectivity index (χ1) is 12.7. The SMILES string of the molecule is CC([NH2+]CC/C(=C\c1ccccc1)c1ccsc1)C(O)c1ccccc1.[Cl-]. The van der Waals surface area contributed by atoms with Crippen molar-refractivity contribution in [3.05, 3.63) is 94.2 Å². The minimum Gasteiger partial charge on any atom is -1.00 e. The molecule has 142 valence electrons. The molecule has 1 heterocycles. The molecule has 4 heteroatoms. The minimum absolute atomic E-state index is 0. The smallest absolute Gasteiger partial charge is 0.130 e. The van der Waals surface area contributed by atoms with E-state index in [0.29, 0.717) is 0 Å². The van der Waals surface area contributed by atoms with Crippen LogP contribution in [0.5, 0.6) is 0 Å². The van der Waals surface area contributed by atoms with Crippen LogP contribution in [0.15, 0.2) is 77.5 Å². The van der Waals surface area contributed by atoms with Crippen molar-refractivity contribution >= 4 is 23.0 Å². The van der Waals surface area contributed by atoms with Crippen LogP contribution in [0.25, 0.3) is 11.6 Å². The first-order valence-corrected chi connectivity index (χ1v) is 10.0. The summed E-state index contributed by atoms with van der Waals surface area (Å²) in [5.41, 5.74) is 4.85. The first-order valence-electron chi connectivity index (χ1n) is 9.08. The molecule has 0 amide bonds. The van der Waals surface area contributed by atoms with Gasteiger partial charge in [-0.25, -0.2) is 0 Å². The molecule has 3 N–H and O–H groups in total. The van der Waals surface area contributed by atoms with Gasteiger partial charge in [0.25, 0.3) is 0 Å². The maximum absolute atomic E-state index is 10.5. The molecule has 0 fully saturated rings. The third kappa shape index (κ3) is 6.33. The number of aliphatic hydroxyl groups excluding tert-OH is 1. The average Bonchev–Trinajstić information content (AvgIpc) is 3.23.